The number of rotatable bonds is 1. The predicted octanol–water partition coefficient (Wildman–Crippen LogP) is 0.422. The van der Waals surface area contributed by atoms with Gasteiger partial charge in [-0.05, 0) is 5.56 Å². The van der Waals surface area contributed by atoms with E-state index in [9.17, 15) is 9.59 Å². The van der Waals surface area contributed by atoms with Gasteiger partial charge in [0.15, 0.2) is 0 Å². The van der Waals surface area contributed by atoms with E-state index in [0.29, 0.717) is 12.2 Å². The molecule has 0 saturated heterocycles. The SMILES string of the molecule is CC(=O)N1CC(C(N)=O)c2ccc[c]c21. The van der Waals surface area contributed by atoms with E-state index in [1.54, 1.807) is 12.1 Å². The first-order valence-corrected chi connectivity index (χ1v) is 4.69. The number of para-hydroxylation sites is 1. The van der Waals surface area contributed by atoms with Gasteiger partial charge in [-0.2, -0.15) is 0 Å². The van der Waals surface area contributed by atoms with Crippen LogP contribution in [0.1, 0.15) is 18.4 Å². The lowest BCUT2D eigenvalue weighted by Crippen LogP contribution is -2.31. The van der Waals surface area contributed by atoms with E-state index in [1.165, 1.54) is 11.8 Å². The van der Waals surface area contributed by atoms with E-state index in [2.05, 4.69) is 6.07 Å². The number of benzene rings is 1. The lowest BCUT2D eigenvalue weighted by molar-refractivity contribution is -0.119. The Labute approximate surface area is 87.7 Å². The van der Waals surface area contributed by atoms with Gasteiger partial charge < -0.3 is 10.6 Å². The highest BCUT2D eigenvalue weighted by Crippen LogP contribution is 2.35. The fourth-order valence-electron chi connectivity index (χ4n) is 1.86. The van der Waals surface area contributed by atoms with E-state index in [-0.39, 0.29) is 5.91 Å². The number of primary amides is 1. The molecule has 1 aliphatic heterocycles. The molecule has 1 atom stereocenters. The van der Waals surface area contributed by atoms with Gasteiger partial charge in [0, 0.05) is 19.5 Å². The zero-order valence-electron chi connectivity index (χ0n) is 8.36. The summed E-state index contributed by atoms with van der Waals surface area (Å²) in [5.74, 6) is -0.900. The molecular weight excluding hydrogens is 192 g/mol. The average Bonchev–Trinajstić information content (AvgIpc) is 2.56. The second-order valence-corrected chi connectivity index (χ2v) is 3.56. The third-order valence-electron chi connectivity index (χ3n) is 2.60. The van der Waals surface area contributed by atoms with Crippen LogP contribution in [0.15, 0.2) is 18.2 Å². The van der Waals surface area contributed by atoms with E-state index < -0.39 is 11.8 Å². The van der Waals surface area contributed by atoms with Crippen LogP contribution in [0.4, 0.5) is 5.69 Å². The van der Waals surface area contributed by atoms with Crippen LogP contribution in [0.25, 0.3) is 0 Å². The summed E-state index contributed by atoms with van der Waals surface area (Å²) in [7, 11) is 0. The summed E-state index contributed by atoms with van der Waals surface area (Å²) in [4.78, 5) is 24.1. The molecule has 2 N–H and O–H groups in total. The fourth-order valence-corrected chi connectivity index (χ4v) is 1.86. The molecule has 77 valence electrons. The first-order valence-electron chi connectivity index (χ1n) is 4.69. The molecule has 0 aliphatic carbocycles. The van der Waals surface area contributed by atoms with Crippen molar-refractivity contribution >= 4 is 17.5 Å². The molecule has 2 rings (SSSR count). The van der Waals surface area contributed by atoms with Gasteiger partial charge in [-0.15, -0.1) is 0 Å². The zero-order valence-corrected chi connectivity index (χ0v) is 8.36. The minimum Gasteiger partial charge on any atom is -0.369 e. The summed E-state index contributed by atoms with van der Waals surface area (Å²) in [6.45, 7) is 1.80. The van der Waals surface area contributed by atoms with Gasteiger partial charge in [-0.3, -0.25) is 9.59 Å². The summed E-state index contributed by atoms with van der Waals surface area (Å²) in [6.07, 6.45) is 0. The topological polar surface area (TPSA) is 63.4 Å². The fraction of sp³-hybridized carbons (Fsp3) is 0.273. The maximum absolute atomic E-state index is 11.3. The van der Waals surface area contributed by atoms with Crippen LogP contribution in [0, 0.1) is 6.07 Å². The summed E-state index contributed by atoms with van der Waals surface area (Å²) in [5.41, 5.74) is 6.75. The highest BCUT2D eigenvalue weighted by molar-refractivity contribution is 5.98. The minimum absolute atomic E-state index is 0.0950. The van der Waals surface area contributed by atoms with Crippen molar-refractivity contribution < 1.29 is 9.59 Å². The highest BCUT2D eigenvalue weighted by Gasteiger charge is 2.33. The Kier molecular flexibility index (Phi) is 2.19. The Morgan fingerprint density at radius 1 is 1.60 bits per heavy atom. The Balaban J connectivity index is 2.48. The first-order chi connectivity index (χ1) is 7.11. The van der Waals surface area contributed by atoms with Crippen LogP contribution in [0.5, 0.6) is 0 Å². The van der Waals surface area contributed by atoms with Crippen molar-refractivity contribution in [3.8, 4) is 0 Å². The molecule has 15 heavy (non-hydrogen) atoms. The molecule has 1 heterocycles. The first kappa shape index (κ1) is 9.71. The Morgan fingerprint density at radius 3 is 2.93 bits per heavy atom. The van der Waals surface area contributed by atoms with Crippen molar-refractivity contribution in [1.29, 1.82) is 0 Å². The standard InChI is InChI=1S/C11H11N2O2/c1-7(14)13-6-9(11(12)15)8-4-2-3-5-10(8)13/h2-4,9H,6H2,1H3,(H2,12,15). The van der Waals surface area contributed by atoms with E-state index in [4.69, 9.17) is 5.73 Å². The molecule has 2 amide bonds. The van der Waals surface area contributed by atoms with Crippen molar-refractivity contribution in [2.45, 2.75) is 12.8 Å². The highest BCUT2D eigenvalue weighted by atomic mass is 16.2. The van der Waals surface area contributed by atoms with Crippen LogP contribution in [0.2, 0.25) is 0 Å². The van der Waals surface area contributed by atoms with Crippen LogP contribution in [-0.2, 0) is 9.59 Å². The quantitative estimate of drug-likeness (QED) is 0.719. The van der Waals surface area contributed by atoms with Gasteiger partial charge in [0.25, 0.3) is 0 Å². The molecule has 0 fully saturated rings. The van der Waals surface area contributed by atoms with Gasteiger partial charge in [0.2, 0.25) is 11.8 Å². The minimum atomic E-state index is -0.403. The third kappa shape index (κ3) is 1.48. The van der Waals surface area contributed by atoms with Gasteiger partial charge >= 0.3 is 0 Å². The summed E-state index contributed by atoms with van der Waals surface area (Å²) in [5, 5.41) is 0. The molecule has 1 aromatic rings. The molecular formula is C11H11N2O2. The number of nitrogens with zero attached hydrogens (tertiary/aromatic N) is 1. The summed E-state index contributed by atoms with van der Waals surface area (Å²) in [6, 6.07) is 8.28. The van der Waals surface area contributed by atoms with E-state index in [1.807, 2.05) is 6.07 Å². The number of fused-ring (bicyclic) bond motifs is 1. The van der Waals surface area contributed by atoms with Crippen molar-refractivity contribution in [2.75, 3.05) is 11.4 Å². The number of carbonyl (C=O) groups is 2. The Hall–Kier alpha value is -1.84. The second kappa shape index (κ2) is 3.38. The van der Waals surface area contributed by atoms with Crippen molar-refractivity contribution in [2.24, 2.45) is 5.73 Å². The second-order valence-electron chi connectivity index (χ2n) is 3.56. The maximum Gasteiger partial charge on any atom is 0.226 e. The number of amides is 2. The van der Waals surface area contributed by atoms with Crippen LogP contribution in [0.3, 0.4) is 0 Å². The van der Waals surface area contributed by atoms with Gasteiger partial charge in [-0.25, -0.2) is 0 Å². The molecule has 1 aliphatic rings. The largest absolute Gasteiger partial charge is 0.369 e. The summed E-state index contributed by atoms with van der Waals surface area (Å²) >= 11 is 0. The third-order valence-corrected chi connectivity index (χ3v) is 2.60. The lowest BCUT2D eigenvalue weighted by Gasteiger charge is -2.13. The molecule has 0 spiro atoms. The molecule has 1 aromatic carbocycles. The molecule has 1 radical (unpaired) electrons. The van der Waals surface area contributed by atoms with Gasteiger partial charge in [-0.1, -0.05) is 18.2 Å². The van der Waals surface area contributed by atoms with E-state index in [0.717, 1.165) is 5.56 Å². The van der Waals surface area contributed by atoms with Crippen LogP contribution >= 0.6 is 0 Å². The molecule has 1 unspecified atom stereocenters. The monoisotopic (exact) mass is 203 g/mol. The summed E-state index contributed by atoms with van der Waals surface area (Å²) < 4.78 is 0. The molecule has 0 saturated carbocycles. The van der Waals surface area contributed by atoms with Gasteiger partial charge in [0.05, 0.1) is 11.6 Å². The van der Waals surface area contributed by atoms with E-state index >= 15 is 0 Å². The molecule has 4 heteroatoms. The van der Waals surface area contributed by atoms with Crippen LogP contribution < -0.4 is 10.6 Å². The number of carbonyl (C=O) groups excluding carboxylic acids is 2. The normalized spacial score (nSPS) is 18.7. The van der Waals surface area contributed by atoms with Crippen molar-refractivity contribution in [3.63, 3.8) is 0 Å². The lowest BCUT2D eigenvalue weighted by atomic mass is 10.0. The molecule has 0 aromatic heterocycles. The molecule has 4 nitrogen and oxygen atoms in total. The number of hydrogen-bond donors (Lipinski definition) is 1. The average molecular weight is 203 g/mol. The number of nitrogens with two attached hydrogens (primary N) is 1. The Bertz CT molecular complexity index is 389. The van der Waals surface area contributed by atoms with Crippen molar-refractivity contribution in [3.05, 3.63) is 29.8 Å². The Morgan fingerprint density at radius 2 is 2.33 bits per heavy atom. The van der Waals surface area contributed by atoms with Crippen molar-refractivity contribution in [1.82, 2.24) is 0 Å². The van der Waals surface area contributed by atoms with Gasteiger partial charge in [0.1, 0.15) is 0 Å². The zero-order chi connectivity index (χ0) is 11.0. The van der Waals surface area contributed by atoms with Crippen LogP contribution in [-0.4, -0.2) is 18.4 Å². The smallest absolute Gasteiger partial charge is 0.226 e. The molecule has 0 bridgehead atoms. The number of hydrogen-bond acceptors (Lipinski definition) is 2. The predicted molar refractivity (Wildman–Crippen MR) is 55.2 cm³/mol. The maximum atomic E-state index is 11.3. The number of anilines is 1.